The van der Waals surface area contributed by atoms with Crippen LogP contribution in [-0.4, -0.2) is 52.3 Å². The monoisotopic (exact) mass is 637 g/mol. The molecule has 1 aromatic carbocycles. The molecule has 11 nitrogen and oxygen atoms in total. The highest BCUT2D eigenvalue weighted by Crippen LogP contribution is 2.42. The van der Waals surface area contributed by atoms with Gasteiger partial charge in [0.05, 0.1) is 13.2 Å². The van der Waals surface area contributed by atoms with Crippen molar-refractivity contribution in [2.24, 2.45) is 17.8 Å². The minimum atomic E-state index is -0.595. The predicted molar refractivity (Wildman–Crippen MR) is 172 cm³/mol. The number of ether oxygens (including phenoxy) is 2. The summed E-state index contributed by atoms with van der Waals surface area (Å²) in [6.07, 6.45) is 1.65. The third kappa shape index (κ3) is 8.02. The van der Waals surface area contributed by atoms with Gasteiger partial charge < -0.3 is 19.7 Å². The minimum absolute atomic E-state index is 0.0790. The first kappa shape index (κ1) is 33.9. The van der Waals surface area contributed by atoms with Crippen LogP contribution in [0.5, 0.6) is 5.75 Å². The molecule has 4 rings (SSSR count). The van der Waals surface area contributed by atoms with Crippen molar-refractivity contribution in [3.8, 4) is 5.75 Å². The Morgan fingerprint density at radius 1 is 1.24 bits per heavy atom. The molecule has 242 valence electrons. The maximum atomic E-state index is 13.8. The van der Waals surface area contributed by atoms with Gasteiger partial charge in [-0.05, 0) is 81.3 Å². The van der Waals surface area contributed by atoms with Crippen LogP contribution in [0.1, 0.15) is 80.7 Å². The van der Waals surface area contributed by atoms with Gasteiger partial charge in [0.1, 0.15) is 28.3 Å². The molecule has 1 amide bonds. The number of benzene rings is 1. The van der Waals surface area contributed by atoms with Crippen molar-refractivity contribution < 1.29 is 28.8 Å². The van der Waals surface area contributed by atoms with E-state index in [9.17, 15) is 9.59 Å². The standard InChI is InChI=1S/C33H43N5O6S/c1-10-42-44-24(8)45-32-28(34-9)27(33(40)43-29-21(5)14-19(3)15-22(29)6)31-36-30(37-38(31)32)23(7)16-35-26(39)17-41-25-12-11-18(2)13-20(25)4/h11-13,19,21-23,29H,8,10,14-17H2,1-7H3,(H,35,39)(H,36,37). The fraction of sp³-hybridized carbons (Fsp3) is 0.515. The Kier molecular flexibility index (Phi) is 11.2. The molecule has 0 radical (unpaired) electrons. The van der Waals surface area contributed by atoms with Crippen LogP contribution in [0.4, 0.5) is 5.69 Å². The molecule has 1 saturated carbocycles. The summed E-state index contributed by atoms with van der Waals surface area (Å²) in [5, 5.41) is 6.65. The van der Waals surface area contributed by atoms with Crippen molar-refractivity contribution in [3.63, 3.8) is 0 Å². The molecular weight excluding hydrogens is 594 g/mol. The van der Waals surface area contributed by atoms with E-state index >= 15 is 0 Å². The first-order chi connectivity index (χ1) is 21.4. The zero-order valence-corrected chi connectivity index (χ0v) is 27.9. The Hall–Kier alpha value is -3.95. The molecule has 1 fully saturated rings. The van der Waals surface area contributed by atoms with Gasteiger partial charge in [-0.15, -0.1) is 0 Å². The fourth-order valence-electron chi connectivity index (χ4n) is 5.97. The highest BCUT2D eigenvalue weighted by atomic mass is 32.2. The average Bonchev–Trinajstić information content (AvgIpc) is 3.53. The number of fused-ring (bicyclic) bond motifs is 1. The van der Waals surface area contributed by atoms with Crippen LogP contribution in [0.25, 0.3) is 10.5 Å². The molecular formula is C33H43N5O6S. The summed E-state index contributed by atoms with van der Waals surface area (Å²) in [6, 6.07) is 5.79. The molecule has 12 heteroatoms. The lowest BCUT2D eigenvalue weighted by molar-refractivity contribution is -0.248. The number of esters is 1. The molecule has 1 aliphatic rings. The van der Waals surface area contributed by atoms with Crippen molar-refractivity contribution in [2.75, 3.05) is 19.8 Å². The Labute approximate surface area is 268 Å². The lowest BCUT2D eigenvalue weighted by atomic mass is 9.75. The highest BCUT2D eigenvalue weighted by Gasteiger charge is 2.37. The number of amides is 1. The largest absolute Gasteiger partial charge is 0.484 e. The topological polar surface area (TPSA) is 121 Å². The Morgan fingerprint density at radius 3 is 2.60 bits per heavy atom. The van der Waals surface area contributed by atoms with Gasteiger partial charge in [0, 0.05) is 12.5 Å². The summed E-state index contributed by atoms with van der Waals surface area (Å²) in [7, 11) is 0. The van der Waals surface area contributed by atoms with Gasteiger partial charge in [-0.2, -0.15) is 4.89 Å². The van der Waals surface area contributed by atoms with Crippen LogP contribution < -0.4 is 10.1 Å². The Bertz CT molecular complexity index is 1580. The molecule has 0 spiro atoms. The highest BCUT2D eigenvalue weighted by molar-refractivity contribution is 8.03. The van der Waals surface area contributed by atoms with Crippen LogP contribution in [0.3, 0.4) is 0 Å². The van der Waals surface area contributed by atoms with E-state index < -0.39 is 5.97 Å². The predicted octanol–water partition coefficient (Wildman–Crippen LogP) is 6.89. The molecule has 3 unspecified atom stereocenters. The molecule has 3 atom stereocenters. The third-order valence-electron chi connectivity index (χ3n) is 8.00. The molecule has 45 heavy (non-hydrogen) atoms. The molecule has 2 N–H and O–H groups in total. The van der Waals surface area contributed by atoms with Gasteiger partial charge in [-0.1, -0.05) is 45.4 Å². The van der Waals surface area contributed by atoms with E-state index in [-0.39, 0.29) is 64.9 Å². The van der Waals surface area contributed by atoms with E-state index in [1.165, 1.54) is 0 Å². The van der Waals surface area contributed by atoms with Crippen molar-refractivity contribution in [3.05, 3.63) is 63.8 Å². The molecule has 0 saturated heterocycles. The zero-order valence-electron chi connectivity index (χ0n) is 27.1. The average molecular weight is 638 g/mol. The van der Waals surface area contributed by atoms with Crippen LogP contribution in [0.15, 0.2) is 34.9 Å². The third-order valence-corrected chi connectivity index (χ3v) is 8.87. The number of aromatic nitrogens is 3. The maximum absolute atomic E-state index is 13.8. The van der Waals surface area contributed by atoms with Crippen LogP contribution in [0.2, 0.25) is 0 Å². The number of carbonyl (C=O) groups is 2. The molecule has 0 bridgehead atoms. The van der Waals surface area contributed by atoms with Gasteiger partial charge in [0.15, 0.2) is 17.3 Å². The minimum Gasteiger partial charge on any atom is -0.484 e. The van der Waals surface area contributed by atoms with Crippen LogP contribution >= 0.6 is 11.8 Å². The quantitative estimate of drug-likeness (QED) is 0.0519. The lowest BCUT2D eigenvalue weighted by Crippen LogP contribution is -2.37. The summed E-state index contributed by atoms with van der Waals surface area (Å²) in [5.74, 6) is 0.964. The molecule has 1 aliphatic carbocycles. The summed E-state index contributed by atoms with van der Waals surface area (Å²) >= 11 is 1.04. The Balaban J connectivity index is 1.56. The summed E-state index contributed by atoms with van der Waals surface area (Å²) in [6.45, 7) is 26.3. The van der Waals surface area contributed by atoms with Crippen LogP contribution in [-0.2, 0) is 19.3 Å². The molecule has 2 heterocycles. The fourth-order valence-corrected chi connectivity index (χ4v) is 6.74. The second-order valence-corrected chi connectivity index (χ2v) is 13.1. The number of nitrogens with zero attached hydrogens (tertiary/aromatic N) is 3. The number of thioether (sulfide) groups is 1. The van der Waals surface area contributed by atoms with E-state index in [2.05, 4.69) is 42.6 Å². The van der Waals surface area contributed by atoms with E-state index in [0.717, 1.165) is 35.7 Å². The molecule has 0 aliphatic heterocycles. The Morgan fingerprint density at radius 2 is 1.96 bits per heavy atom. The van der Waals surface area contributed by atoms with Gasteiger partial charge in [-0.3, -0.25) is 9.89 Å². The summed E-state index contributed by atoms with van der Waals surface area (Å²) < 4.78 is 13.4. The molecule has 3 aromatic rings. The number of H-pyrrole nitrogens is 1. The zero-order chi connectivity index (χ0) is 32.8. The summed E-state index contributed by atoms with van der Waals surface area (Å²) in [5.41, 5.74) is 2.50. The first-order valence-corrected chi connectivity index (χ1v) is 16.1. The smallest absolute Gasteiger partial charge is 0.331 e. The van der Waals surface area contributed by atoms with Crippen molar-refractivity contribution in [1.29, 1.82) is 0 Å². The number of aryl methyl sites for hydroxylation is 2. The van der Waals surface area contributed by atoms with Gasteiger partial charge in [0.25, 0.3) is 5.91 Å². The number of aromatic amines is 1. The van der Waals surface area contributed by atoms with Crippen molar-refractivity contribution >= 4 is 35.0 Å². The van der Waals surface area contributed by atoms with Gasteiger partial charge in [-0.25, -0.2) is 19.1 Å². The number of hydrogen-bond donors (Lipinski definition) is 2. The second kappa shape index (κ2) is 14.9. The first-order valence-electron chi connectivity index (χ1n) is 15.3. The SMILES string of the molecule is [C-]#[N+]c1c(C(=O)OC2C(C)CC(C)CC2C)c2nc(C(C)CNC(=O)COc3ccc(C)cc3C)[nH]n2c1SC(=C)OOCC. The van der Waals surface area contributed by atoms with Gasteiger partial charge in [0.2, 0.25) is 5.69 Å². The van der Waals surface area contributed by atoms with E-state index in [4.69, 9.17) is 30.8 Å². The molecule has 2 aromatic heterocycles. The van der Waals surface area contributed by atoms with Gasteiger partial charge >= 0.3 is 5.97 Å². The number of nitrogens with one attached hydrogen (secondary N) is 2. The summed E-state index contributed by atoms with van der Waals surface area (Å²) in [4.78, 5) is 45.0. The lowest BCUT2D eigenvalue weighted by Gasteiger charge is -2.37. The van der Waals surface area contributed by atoms with Crippen LogP contribution in [0, 0.1) is 38.2 Å². The second-order valence-electron chi connectivity index (χ2n) is 12.0. The van der Waals surface area contributed by atoms with Crippen molar-refractivity contribution in [1.82, 2.24) is 19.9 Å². The van der Waals surface area contributed by atoms with E-state index in [1.807, 2.05) is 39.0 Å². The normalized spacial score (nSPS) is 20.3. The maximum Gasteiger partial charge on any atom is 0.331 e. The van der Waals surface area contributed by atoms with E-state index in [0.29, 0.717) is 29.1 Å². The van der Waals surface area contributed by atoms with E-state index in [1.54, 1.807) is 11.4 Å². The number of hydrogen-bond acceptors (Lipinski definition) is 8. The number of carbonyl (C=O) groups excluding carboxylic acids is 2. The van der Waals surface area contributed by atoms with Crippen molar-refractivity contribution in [2.45, 2.75) is 78.4 Å². The number of rotatable bonds is 13.